The fourth-order valence-electron chi connectivity index (χ4n) is 2.71. The maximum atomic E-state index is 12.3. The molecule has 19 heavy (non-hydrogen) atoms. The van der Waals surface area contributed by atoms with Crippen LogP contribution < -0.4 is 5.32 Å². The highest BCUT2D eigenvalue weighted by Gasteiger charge is 2.21. The third kappa shape index (κ3) is 2.95. The number of hydrogen-bond acceptors (Lipinski definition) is 2. The largest absolute Gasteiger partial charge is 0.478 e. The second-order valence-electron chi connectivity index (χ2n) is 4.95. The number of carboxylic acids is 1. The van der Waals surface area contributed by atoms with Gasteiger partial charge >= 0.3 is 5.97 Å². The zero-order valence-corrected chi connectivity index (χ0v) is 11.1. The molecule has 1 aliphatic rings. The summed E-state index contributed by atoms with van der Waals surface area (Å²) in [5.41, 5.74) is 1.33. The van der Waals surface area contributed by atoms with Gasteiger partial charge in [0.1, 0.15) is 0 Å². The molecule has 0 radical (unpaired) electrons. The Kier molecular flexibility index (Phi) is 4.20. The van der Waals surface area contributed by atoms with E-state index in [0.717, 1.165) is 25.7 Å². The molecule has 0 saturated heterocycles. The van der Waals surface area contributed by atoms with Crippen molar-refractivity contribution < 1.29 is 14.7 Å². The summed E-state index contributed by atoms with van der Waals surface area (Å²) in [5, 5.41) is 12.2. The molecule has 1 aromatic rings. The van der Waals surface area contributed by atoms with Crippen molar-refractivity contribution in [1.29, 1.82) is 0 Å². The smallest absolute Gasteiger partial charge is 0.335 e. The van der Waals surface area contributed by atoms with Crippen LogP contribution in [0.25, 0.3) is 0 Å². The molecule has 1 aromatic carbocycles. The van der Waals surface area contributed by atoms with Crippen molar-refractivity contribution in [3.05, 3.63) is 34.9 Å². The van der Waals surface area contributed by atoms with Crippen LogP contribution in [0.4, 0.5) is 0 Å². The Hall–Kier alpha value is -1.84. The molecule has 0 atom stereocenters. The normalized spacial score (nSPS) is 15.4. The van der Waals surface area contributed by atoms with Crippen LogP contribution in [0.5, 0.6) is 0 Å². The maximum Gasteiger partial charge on any atom is 0.335 e. The van der Waals surface area contributed by atoms with Crippen molar-refractivity contribution in [3.63, 3.8) is 0 Å². The predicted octanol–water partition coefficient (Wildman–Crippen LogP) is 2.62. The molecule has 0 spiro atoms. The van der Waals surface area contributed by atoms with Gasteiger partial charge < -0.3 is 10.4 Å². The van der Waals surface area contributed by atoms with Crippen molar-refractivity contribution in [3.8, 4) is 0 Å². The Morgan fingerprint density at radius 3 is 2.47 bits per heavy atom. The first-order valence-electron chi connectivity index (χ1n) is 6.79. The van der Waals surface area contributed by atoms with Gasteiger partial charge in [0.05, 0.1) is 5.56 Å². The molecule has 1 amide bonds. The summed E-state index contributed by atoms with van der Waals surface area (Å²) >= 11 is 0. The average molecular weight is 261 g/mol. The zero-order chi connectivity index (χ0) is 13.8. The zero-order valence-electron chi connectivity index (χ0n) is 11.1. The third-order valence-electron chi connectivity index (χ3n) is 3.69. The van der Waals surface area contributed by atoms with Crippen LogP contribution in [0.1, 0.15) is 58.9 Å². The molecule has 2 N–H and O–H groups in total. The number of amides is 1. The molecule has 0 unspecified atom stereocenters. The van der Waals surface area contributed by atoms with Gasteiger partial charge in [-0.25, -0.2) is 4.79 Å². The first-order chi connectivity index (χ1) is 9.13. The average Bonchev–Trinajstić information content (AvgIpc) is 2.90. The predicted molar refractivity (Wildman–Crippen MR) is 72.5 cm³/mol. The minimum Gasteiger partial charge on any atom is -0.478 e. The molecular formula is C15H19NO3. The van der Waals surface area contributed by atoms with Crippen molar-refractivity contribution >= 4 is 11.9 Å². The van der Waals surface area contributed by atoms with Gasteiger partial charge in [-0.15, -0.1) is 0 Å². The van der Waals surface area contributed by atoms with E-state index < -0.39 is 5.97 Å². The van der Waals surface area contributed by atoms with Crippen molar-refractivity contribution in [2.75, 3.05) is 0 Å². The minimum absolute atomic E-state index is 0.146. The minimum atomic E-state index is -0.979. The second kappa shape index (κ2) is 5.87. The number of carbonyl (C=O) groups excluding carboxylic acids is 1. The first kappa shape index (κ1) is 13.6. The number of hydrogen-bond donors (Lipinski definition) is 2. The molecule has 1 saturated carbocycles. The lowest BCUT2D eigenvalue weighted by atomic mass is 9.98. The van der Waals surface area contributed by atoms with E-state index in [9.17, 15) is 9.59 Å². The standard InChI is InChI=1S/C15H19NO3/c1-2-11-12(8-5-9-13(11)15(18)19)14(17)16-10-6-3-4-7-10/h5,8-10H,2-4,6-7H2,1H3,(H,16,17)(H,18,19). The molecule has 1 fully saturated rings. The molecular weight excluding hydrogens is 242 g/mol. The summed E-state index contributed by atoms with van der Waals surface area (Å²) < 4.78 is 0. The Morgan fingerprint density at radius 2 is 1.89 bits per heavy atom. The summed E-state index contributed by atoms with van der Waals surface area (Å²) in [6.07, 6.45) is 4.88. The summed E-state index contributed by atoms with van der Waals surface area (Å²) in [7, 11) is 0. The van der Waals surface area contributed by atoms with Crippen molar-refractivity contribution in [2.45, 2.75) is 45.1 Å². The Labute approximate surface area is 112 Å². The van der Waals surface area contributed by atoms with Crippen LogP contribution in [-0.2, 0) is 6.42 Å². The summed E-state index contributed by atoms with van der Waals surface area (Å²) in [6, 6.07) is 5.13. The molecule has 0 bridgehead atoms. The summed E-state index contributed by atoms with van der Waals surface area (Å²) in [4.78, 5) is 23.4. The Morgan fingerprint density at radius 1 is 1.26 bits per heavy atom. The highest BCUT2D eigenvalue weighted by atomic mass is 16.4. The summed E-state index contributed by atoms with van der Waals surface area (Å²) in [5.74, 6) is -1.13. The van der Waals surface area contributed by atoms with Crippen LogP contribution in [0, 0.1) is 0 Å². The van der Waals surface area contributed by atoms with Gasteiger partial charge in [-0.3, -0.25) is 4.79 Å². The molecule has 2 rings (SSSR count). The number of rotatable bonds is 4. The van der Waals surface area contributed by atoms with E-state index >= 15 is 0 Å². The van der Waals surface area contributed by atoms with E-state index in [1.54, 1.807) is 18.2 Å². The lowest BCUT2D eigenvalue weighted by molar-refractivity contribution is 0.0695. The molecule has 0 aromatic heterocycles. The number of carbonyl (C=O) groups is 2. The third-order valence-corrected chi connectivity index (χ3v) is 3.69. The highest BCUT2D eigenvalue weighted by molar-refractivity contribution is 6.00. The fraction of sp³-hybridized carbons (Fsp3) is 0.467. The monoisotopic (exact) mass is 261 g/mol. The highest BCUT2D eigenvalue weighted by Crippen LogP contribution is 2.20. The second-order valence-corrected chi connectivity index (χ2v) is 4.95. The van der Waals surface area contributed by atoms with Crippen LogP contribution in [0.2, 0.25) is 0 Å². The maximum absolute atomic E-state index is 12.3. The van der Waals surface area contributed by atoms with E-state index in [2.05, 4.69) is 5.32 Å². The molecule has 1 aliphatic carbocycles. The first-order valence-corrected chi connectivity index (χ1v) is 6.79. The van der Waals surface area contributed by atoms with E-state index in [0.29, 0.717) is 17.5 Å². The van der Waals surface area contributed by atoms with Crippen LogP contribution in [0.3, 0.4) is 0 Å². The fourth-order valence-corrected chi connectivity index (χ4v) is 2.71. The van der Waals surface area contributed by atoms with Crippen LogP contribution in [0.15, 0.2) is 18.2 Å². The SMILES string of the molecule is CCc1c(C(=O)O)cccc1C(=O)NC1CCCC1. The van der Waals surface area contributed by atoms with Crippen molar-refractivity contribution in [1.82, 2.24) is 5.32 Å². The van der Waals surface area contributed by atoms with Crippen LogP contribution >= 0.6 is 0 Å². The van der Waals surface area contributed by atoms with Gasteiger partial charge in [-0.1, -0.05) is 25.8 Å². The van der Waals surface area contributed by atoms with Gasteiger partial charge in [0.15, 0.2) is 0 Å². The number of nitrogens with one attached hydrogen (secondary N) is 1. The lowest BCUT2D eigenvalue weighted by Crippen LogP contribution is -2.33. The molecule has 0 heterocycles. The molecule has 102 valence electrons. The van der Waals surface area contributed by atoms with Gasteiger partial charge in [-0.2, -0.15) is 0 Å². The van der Waals surface area contributed by atoms with E-state index in [-0.39, 0.29) is 17.5 Å². The molecule has 0 aliphatic heterocycles. The van der Waals surface area contributed by atoms with Gasteiger partial charge in [0, 0.05) is 11.6 Å². The number of carboxylic acid groups (broad SMARTS) is 1. The lowest BCUT2D eigenvalue weighted by Gasteiger charge is -2.15. The van der Waals surface area contributed by atoms with Crippen molar-refractivity contribution in [2.24, 2.45) is 0 Å². The Bertz CT molecular complexity index is 490. The topological polar surface area (TPSA) is 66.4 Å². The number of aromatic carboxylic acids is 1. The van der Waals surface area contributed by atoms with Gasteiger partial charge in [0.25, 0.3) is 5.91 Å². The molecule has 4 nitrogen and oxygen atoms in total. The Balaban J connectivity index is 2.25. The summed E-state index contributed by atoms with van der Waals surface area (Å²) in [6.45, 7) is 1.87. The van der Waals surface area contributed by atoms with E-state index in [1.165, 1.54) is 0 Å². The van der Waals surface area contributed by atoms with E-state index in [1.807, 2.05) is 6.92 Å². The van der Waals surface area contributed by atoms with Crippen LogP contribution in [-0.4, -0.2) is 23.0 Å². The number of benzene rings is 1. The van der Waals surface area contributed by atoms with Gasteiger partial charge in [0.2, 0.25) is 0 Å². The quantitative estimate of drug-likeness (QED) is 0.875. The van der Waals surface area contributed by atoms with Gasteiger partial charge in [-0.05, 0) is 37.0 Å². The molecule has 4 heteroatoms. The van der Waals surface area contributed by atoms with E-state index in [4.69, 9.17) is 5.11 Å².